The number of benzene rings is 1. The van der Waals surface area contributed by atoms with Gasteiger partial charge >= 0.3 is 5.69 Å². The Bertz CT molecular complexity index is 739. The summed E-state index contributed by atoms with van der Waals surface area (Å²) < 4.78 is 14.9. The number of nitrogens with one attached hydrogen (secondary N) is 1. The van der Waals surface area contributed by atoms with Gasteiger partial charge in [-0.15, -0.1) is 0 Å². The summed E-state index contributed by atoms with van der Waals surface area (Å²) in [6.45, 7) is 1.79. The quantitative estimate of drug-likeness (QED) is 0.815. The molecule has 0 saturated carbocycles. The Morgan fingerprint density at radius 3 is 2.67 bits per heavy atom. The number of halogens is 3. The van der Waals surface area contributed by atoms with Crippen LogP contribution in [0.4, 0.5) is 4.39 Å². The highest BCUT2D eigenvalue weighted by atomic mass is 79.9. The lowest BCUT2D eigenvalue weighted by molar-refractivity contribution is 0.584. The third-order valence-corrected chi connectivity index (χ3v) is 3.55. The fourth-order valence-corrected chi connectivity index (χ4v) is 1.90. The second-order valence-electron chi connectivity index (χ2n) is 3.63. The number of hydrogen-bond donors (Lipinski definition) is 1. The summed E-state index contributed by atoms with van der Waals surface area (Å²) in [7, 11) is 0. The monoisotopic (exact) mass is 332 g/mol. The summed E-state index contributed by atoms with van der Waals surface area (Å²) in [5.41, 5.74) is -0.773. The lowest BCUT2D eigenvalue weighted by atomic mass is 10.2. The Hall–Kier alpha value is -1.40. The minimum atomic E-state index is -1.18. The van der Waals surface area contributed by atoms with E-state index in [4.69, 9.17) is 11.6 Å². The van der Waals surface area contributed by atoms with Gasteiger partial charge in [-0.25, -0.2) is 9.36 Å². The molecular weight excluding hydrogens is 326 g/mol. The van der Waals surface area contributed by atoms with Crippen molar-refractivity contribution in [3.05, 3.63) is 60.0 Å². The van der Waals surface area contributed by atoms with Gasteiger partial charge in [0.25, 0.3) is 5.56 Å². The van der Waals surface area contributed by atoms with E-state index in [9.17, 15) is 14.0 Å². The molecule has 1 N–H and O–H groups in total. The molecule has 0 fully saturated rings. The van der Waals surface area contributed by atoms with E-state index >= 15 is 0 Å². The standard InChI is InChI=1S/C11H7BrClFN2O2/c1-5-4-6(2-3-7(5)12)16-10(17)8(14)9(13)15-11(16)18/h2-4H,1H3,(H,15,18). The number of nitrogens with zero attached hydrogens (tertiary/aromatic N) is 1. The molecule has 0 aliphatic carbocycles. The summed E-state index contributed by atoms with van der Waals surface area (Å²) in [5, 5.41) is -0.588. The summed E-state index contributed by atoms with van der Waals surface area (Å²) in [4.78, 5) is 25.4. The van der Waals surface area contributed by atoms with Crippen molar-refractivity contribution in [3.8, 4) is 5.69 Å². The first kappa shape index (κ1) is 13.0. The molecule has 0 aliphatic rings. The van der Waals surface area contributed by atoms with Gasteiger partial charge in [0.15, 0.2) is 5.15 Å². The molecule has 94 valence electrons. The van der Waals surface area contributed by atoms with E-state index in [1.54, 1.807) is 19.1 Å². The number of aromatic amines is 1. The highest BCUT2D eigenvalue weighted by Gasteiger charge is 2.13. The van der Waals surface area contributed by atoms with Crippen LogP contribution in [0.3, 0.4) is 0 Å². The maximum absolute atomic E-state index is 13.4. The molecule has 0 bridgehead atoms. The molecule has 0 unspecified atom stereocenters. The van der Waals surface area contributed by atoms with Gasteiger partial charge in [-0.1, -0.05) is 27.5 Å². The molecule has 7 heteroatoms. The van der Waals surface area contributed by atoms with E-state index in [-0.39, 0.29) is 5.69 Å². The molecule has 0 amide bonds. The van der Waals surface area contributed by atoms with Crippen LogP contribution in [-0.4, -0.2) is 9.55 Å². The van der Waals surface area contributed by atoms with Gasteiger partial charge in [-0.2, -0.15) is 4.39 Å². The lowest BCUT2D eigenvalue weighted by Gasteiger charge is -2.07. The van der Waals surface area contributed by atoms with E-state index in [2.05, 4.69) is 20.9 Å². The molecule has 2 aromatic rings. The second-order valence-corrected chi connectivity index (χ2v) is 4.86. The van der Waals surface area contributed by atoms with Crippen LogP contribution in [0.2, 0.25) is 5.15 Å². The van der Waals surface area contributed by atoms with Crippen molar-refractivity contribution in [1.82, 2.24) is 9.55 Å². The SMILES string of the molecule is Cc1cc(-n2c(=O)[nH]c(Cl)c(F)c2=O)ccc1Br. The largest absolute Gasteiger partial charge is 0.334 e. The molecule has 0 aliphatic heterocycles. The smallest absolute Gasteiger partial charge is 0.295 e. The number of hydrogen-bond acceptors (Lipinski definition) is 2. The minimum absolute atomic E-state index is 0.275. The molecule has 0 radical (unpaired) electrons. The number of H-pyrrole nitrogens is 1. The second kappa shape index (κ2) is 4.70. The molecule has 4 nitrogen and oxygen atoms in total. The van der Waals surface area contributed by atoms with Crippen molar-refractivity contribution in [3.63, 3.8) is 0 Å². The third kappa shape index (κ3) is 2.13. The summed E-state index contributed by atoms with van der Waals surface area (Å²) >= 11 is 8.68. The fraction of sp³-hybridized carbons (Fsp3) is 0.0909. The first-order chi connectivity index (χ1) is 8.41. The van der Waals surface area contributed by atoms with E-state index in [0.29, 0.717) is 4.57 Å². The topological polar surface area (TPSA) is 54.9 Å². The van der Waals surface area contributed by atoms with Gasteiger partial charge in [-0.3, -0.25) is 9.78 Å². The Labute approximate surface area is 114 Å². The van der Waals surface area contributed by atoms with E-state index < -0.39 is 22.2 Å². The summed E-state index contributed by atoms with van der Waals surface area (Å²) in [6.07, 6.45) is 0. The van der Waals surface area contributed by atoms with Crippen molar-refractivity contribution in [2.75, 3.05) is 0 Å². The van der Waals surface area contributed by atoms with E-state index in [0.717, 1.165) is 10.0 Å². The third-order valence-electron chi connectivity index (χ3n) is 2.40. The van der Waals surface area contributed by atoms with Gasteiger partial charge < -0.3 is 0 Å². The average Bonchev–Trinajstić information content (AvgIpc) is 2.31. The molecule has 1 aromatic carbocycles. The van der Waals surface area contributed by atoms with E-state index in [1.165, 1.54) is 6.07 Å². The first-order valence-electron chi connectivity index (χ1n) is 4.88. The maximum Gasteiger partial charge on any atom is 0.334 e. The predicted molar refractivity (Wildman–Crippen MR) is 70.1 cm³/mol. The Kier molecular flexibility index (Phi) is 3.41. The molecular formula is C11H7BrClFN2O2. The highest BCUT2D eigenvalue weighted by molar-refractivity contribution is 9.10. The van der Waals surface area contributed by atoms with Crippen LogP contribution in [0.25, 0.3) is 5.69 Å². The van der Waals surface area contributed by atoms with Crippen molar-refractivity contribution in [2.24, 2.45) is 0 Å². The van der Waals surface area contributed by atoms with Crippen LogP contribution in [0, 0.1) is 12.7 Å². The fourth-order valence-electron chi connectivity index (χ4n) is 1.49. The molecule has 0 spiro atoms. The summed E-state index contributed by atoms with van der Waals surface area (Å²) in [5.74, 6) is -1.18. The Morgan fingerprint density at radius 1 is 1.39 bits per heavy atom. The Morgan fingerprint density at radius 2 is 2.06 bits per heavy atom. The first-order valence-corrected chi connectivity index (χ1v) is 6.06. The molecule has 2 rings (SSSR count). The number of aromatic nitrogens is 2. The lowest BCUT2D eigenvalue weighted by Crippen LogP contribution is -2.35. The van der Waals surface area contributed by atoms with Gasteiger partial charge in [0.05, 0.1) is 5.69 Å². The number of aryl methyl sites for hydroxylation is 1. The Balaban J connectivity index is 2.80. The van der Waals surface area contributed by atoms with Crippen molar-refractivity contribution in [2.45, 2.75) is 6.92 Å². The van der Waals surface area contributed by atoms with Crippen LogP contribution in [-0.2, 0) is 0 Å². The van der Waals surface area contributed by atoms with Crippen molar-refractivity contribution >= 4 is 27.5 Å². The van der Waals surface area contributed by atoms with Gasteiger partial charge in [0.1, 0.15) is 0 Å². The average molecular weight is 334 g/mol. The van der Waals surface area contributed by atoms with Crippen LogP contribution in [0.15, 0.2) is 32.3 Å². The van der Waals surface area contributed by atoms with Gasteiger partial charge in [0.2, 0.25) is 5.82 Å². The molecule has 1 heterocycles. The van der Waals surface area contributed by atoms with Crippen molar-refractivity contribution < 1.29 is 4.39 Å². The van der Waals surface area contributed by atoms with Crippen LogP contribution >= 0.6 is 27.5 Å². The van der Waals surface area contributed by atoms with Crippen LogP contribution < -0.4 is 11.2 Å². The molecule has 1 aromatic heterocycles. The van der Waals surface area contributed by atoms with Gasteiger partial charge in [0, 0.05) is 4.47 Å². The van der Waals surface area contributed by atoms with Gasteiger partial charge in [-0.05, 0) is 30.7 Å². The predicted octanol–water partition coefficient (Wildman–Crippen LogP) is 2.39. The zero-order valence-electron chi connectivity index (χ0n) is 9.13. The maximum atomic E-state index is 13.4. The molecule has 18 heavy (non-hydrogen) atoms. The number of rotatable bonds is 1. The summed E-state index contributed by atoms with van der Waals surface area (Å²) in [6, 6.07) is 4.79. The van der Waals surface area contributed by atoms with Crippen molar-refractivity contribution in [1.29, 1.82) is 0 Å². The normalized spacial score (nSPS) is 10.7. The van der Waals surface area contributed by atoms with Crippen LogP contribution in [0.1, 0.15) is 5.56 Å². The van der Waals surface area contributed by atoms with E-state index in [1.807, 2.05) is 0 Å². The minimum Gasteiger partial charge on any atom is -0.295 e. The highest BCUT2D eigenvalue weighted by Crippen LogP contribution is 2.18. The zero-order chi connectivity index (χ0) is 13.4. The molecule has 0 atom stereocenters. The zero-order valence-corrected chi connectivity index (χ0v) is 11.5. The molecule has 0 saturated heterocycles. The van der Waals surface area contributed by atoms with Crippen LogP contribution in [0.5, 0.6) is 0 Å².